The number of rotatable bonds is 5. The lowest BCUT2D eigenvalue weighted by molar-refractivity contribution is -0.385. The Balaban J connectivity index is 2.14. The van der Waals surface area contributed by atoms with Crippen LogP contribution in [-0.2, 0) is 13.0 Å². The molecule has 100 valence electrons. The summed E-state index contributed by atoms with van der Waals surface area (Å²) >= 11 is 4.77. The molecule has 8 heteroatoms. The Morgan fingerprint density at radius 2 is 2.26 bits per heavy atom. The zero-order valence-corrected chi connectivity index (χ0v) is 12.5. The summed E-state index contributed by atoms with van der Waals surface area (Å²) in [7, 11) is 0. The minimum absolute atomic E-state index is 0.0935. The number of aromatic nitrogens is 2. The number of anilines is 1. The molecule has 6 nitrogen and oxygen atoms in total. The maximum Gasteiger partial charge on any atom is 0.274 e. The Labute approximate surface area is 122 Å². The maximum absolute atomic E-state index is 10.9. The van der Waals surface area contributed by atoms with Gasteiger partial charge in [-0.15, -0.1) is 10.2 Å². The topological polar surface area (TPSA) is 81.0 Å². The largest absolute Gasteiger partial charge is 0.356 e. The Kier molecular flexibility index (Phi) is 4.43. The minimum Gasteiger partial charge on any atom is -0.356 e. The number of halogens is 1. The highest BCUT2D eigenvalue weighted by molar-refractivity contribution is 9.10. The zero-order chi connectivity index (χ0) is 13.8. The van der Waals surface area contributed by atoms with Crippen LogP contribution in [0, 0.1) is 10.1 Å². The van der Waals surface area contributed by atoms with E-state index < -0.39 is 0 Å². The summed E-state index contributed by atoms with van der Waals surface area (Å²) in [5.74, 6) is 0. The van der Waals surface area contributed by atoms with Gasteiger partial charge in [0.2, 0.25) is 5.13 Å². The van der Waals surface area contributed by atoms with Crippen LogP contribution in [-0.4, -0.2) is 15.1 Å². The molecule has 1 N–H and O–H groups in total. The predicted molar refractivity (Wildman–Crippen MR) is 77.4 cm³/mol. The first-order valence-corrected chi connectivity index (χ1v) is 7.20. The zero-order valence-electron chi connectivity index (χ0n) is 10.1. The number of nitrogens with one attached hydrogen (secondary N) is 1. The minimum atomic E-state index is -0.388. The molecule has 0 unspecified atom stereocenters. The van der Waals surface area contributed by atoms with Crippen molar-refractivity contribution >= 4 is 38.1 Å². The van der Waals surface area contributed by atoms with E-state index >= 15 is 0 Å². The van der Waals surface area contributed by atoms with Gasteiger partial charge in [0.1, 0.15) is 5.01 Å². The molecule has 0 saturated heterocycles. The molecule has 1 aromatic heterocycles. The summed E-state index contributed by atoms with van der Waals surface area (Å²) in [6, 6.07) is 4.87. The van der Waals surface area contributed by atoms with Crippen molar-refractivity contribution in [1.82, 2.24) is 10.2 Å². The summed E-state index contributed by atoms with van der Waals surface area (Å²) in [5.41, 5.74) is 0.698. The molecule has 0 bridgehead atoms. The van der Waals surface area contributed by atoms with Gasteiger partial charge in [-0.1, -0.05) is 34.2 Å². The van der Waals surface area contributed by atoms with Crippen molar-refractivity contribution in [2.75, 3.05) is 5.32 Å². The number of hydrogen-bond donors (Lipinski definition) is 1. The van der Waals surface area contributed by atoms with Gasteiger partial charge in [0.05, 0.1) is 10.5 Å². The summed E-state index contributed by atoms with van der Waals surface area (Å²) in [4.78, 5) is 10.5. The molecule has 0 saturated carbocycles. The van der Waals surface area contributed by atoms with Crippen LogP contribution in [0.3, 0.4) is 0 Å². The number of nitro groups is 1. The molecule has 0 fully saturated rings. The fourth-order valence-corrected chi connectivity index (χ4v) is 2.60. The number of benzene rings is 1. The van der Waals surface area contributed by atoms with Gasteiger partial charge in [0.25, 0.3) is 5.69 Å². The van der Waals surface area contributed by atoms with Gasteiger partial charge in [-0.05, 0) is 18.6 Å². The summed E-state index contributed by atoms with van der Waals surface area (Å²) in [6.07, 6.45) is 0.830. The van der Waals surface area contributed by atoms with E-state index in [9.17, 15) is 10.1 Å². The third-order valence-corrected chi connectivity index (χ3v) is 3.96. The Hall–Kier alpha value is -1.54. The second-order valence-corrected chi connectivity index (χ2v) is 5.72. The molecular weight excluding hydrogens is 332 g/mol. The van der Waals surface area contributed by atoms with E-state index in [0.717, 1.165) is 15.9 Å². The summed E-state index contributed by atoms with van der Waals surface area (Å²) in [5, 5.41) is 23.6. The van der Waals surface area contributed by atoms with Crippen molar-refractivity contribution in [3.8, 4) is 0 Å². The van der Waals surface area contributed by atoms with Crippen LogP contribution in [0.2, 0.25) is 0 Å². The third kappa shape index (κ3) is 3.48. The molecule has 0 atom stereocenters. The van der Waals surface area contributed by atoms with Crippen LogP contribution >= 0.6 is 27.3 Å². The molecule has 0 aliphatic carbocycles. The summed E-state index contributed by atoms with van der Waals surface area (Å²) in [6.45, 7) is 2.34. The van der Waals surface area contributed by atoms with Gasteiger partial charge < -0.3 is 5.32 Å². The molecular formula is C11H11BrN4O2S. The molecule has 0 radical (unpaired) electrons. The second kappa shape index (κ2) is 6.07. The van der Waals surface area contributed by atoms with Crippen LogP contribution in [0.15, 0.2) is 22.7 Å². The molecule has 1 aromatic carbocycles. The van der Waals surface area contributed by atoms with Gasteiger partial charge in [0.15, 0.2) is 0 Å². The monoisotopic (exact) mass is 342 g/mol. The second-order valence-electron chi connectivity index (χ2n) is 3.74. The van der Waals surface area contributed by atoms with Crippen LogP contribution in [0.4, 0.5) is 10.8 Å². The Morgan fingerprint density at radius 3 is 2.89 bits per heavy atom. The first kappa shape index (κ1) is 13.9. The molecule has 19 heavy (non-hydrogen) atoms. The predicted octanol–water partition coefficient (Wildman–Crippen LogP) is 3.38. The normalized spacial score (nSPS) is 10.4. The molecule has 0 aliphatic rings. The lowest BCUT2D eigenvalue weighted by Gasteiger charge is -2.04. The third-order valence-electron chi connectivity index (χ3n) is 2.44. The van der Waals surface area contributed by atoms with Gasteiger partial charge in [-0.25, -0.2) is 0 Å². The number of aryl methyl sites for hydroxylation is 1. The lowest BCUT2D eigenvalue weighted by Crippen LogP contribution is -2.03. The van der Waals surface area contributed by atoms with Crippen LogP contribution in [0.1, 0.15) is 17.5 Å². The average Bonchev–Trinajstić information content (AvgIpc) is 2.84. The molecule has 0 spiro atoms. The van der Waals surface area contributed by atoms with E-state index in [-0.39, 0.29) is 10.6 Å². The first-order valence-electron chi connectivity index (χ1n) is 5.59. The SMILES string of the molecule is CCc1nnc(NCc2cc(Br)ccc2[N+](=O)[O-])s1. The maximum atomic E-state index is 10.9. The fourth-order valence-electron chi connectivity index (χ4n) is 1.51. The molecule has 2 rings (SSSR count). The molecule has 2 aromatic rings. The molecule has 0 amide bonds. The van der Waals surface area contributed by atoms with Crippen LogP contribution in [0.5, 0.6) is 0 Å². The van der Waals surface area contributed by atoms with Crippen molar-refractivity contribution < 1.29 is 4.92 Å². The Morgan fingerprint density at radius 1 is 1.47 bits per heavy atom. The van der Waals surface area contributed by atoms with E-state index in [4.69, 9.17) is 0 Å². The highest BCUT2D eigenvalue weighted by Crippen LogP contribution is 2.24. The van der Waals surface area contributed by atoms with E-state index in [1.807, 2.05) is 6.92 Å². The number of nitro benzene ring substituents is 1. The van der Waals surface area contributed by atoms with E-state index in [0.29, 0.717) is 17.2 Å². The standard InChI is InChI=1S/C11H11BrN4O2S/c1-2-10-14-15-11(19-10)13-6-7-5-8(12)3-4-9(7)16(17)18/h3-5H,2,6H2,1H3,(H,13,15). The van der Waals surface area contributed by atoms with E-state index in [2.05, 4.69) is 31.4 Å². The van der Waals surface area contributed by atoms with Crippen molar-refractivity contribution in [1.29, 1.82) is 0 Å². The highest BCUT2D eigenvalue weighted by Gasteiger charge is 2.14. The van der Waals surface area contributed by atoms with Gasteiger partial charge in [-0.2, -0.15) is 0 Å². The van der Waals surface area contributed by atoms with Crippen molar-refractivity contribution in [3.63, 3.8) is 0 Å². The summed E-state index contributed by atoms with van der Waals surface area (Å²) < 4.78 is 0.807. The fraction of sp³-hybridized carbons (Fsp3) is 0.273. The first-order chi connectivity index (χ1) is 9.10. The van der Waals surface area contributed by atoms with Crippen LogP contribution in [0.25, 0.3) is 0 Å². The Bertz CT molecular complexity index is 602. The van der Waals surface area contributed by atoms with Gasteiger partial charge >= 0.3 is 0 Å². The average molecular weight is 343 g/mol. The highest BCUT2D eigenvalue weighted by atomic mass is 79.9. The van der Waals surface area contributed by atoms with E-state index in [1.54, 1.807) is 12.1 Å². The van der Waals surface area contributed by atoms with Crippen molar-refractivity contribution in [2.45, 2.75) is 19.9 Å². The van der Waals surface area contributed by atoms with Crippen LogP contribution < -0.4 is 5.32 Å². The van der Waals surface area contributed by atoms with Crippen molar-refractivity contribution in [3.05, 3.63) is 43.4 Å². The number of hydrogen-bond acceptors (Lipinski definition) is 6. The smallest absolute Gasteiger partial charge is 0.274 e. The molecule has 1 heterocycles. The molecule has 0 aliphatic heterocycles. The lowest BCUT2D eigenvalue weighted by atomic mass is 10.2. The van der Waals surface area contributed by atoms with Crippen molar-refractivity contribution in [2.24, 2.45) is 0 Å². The quantitative estimate of drug-likeness (QED) is 0.665. The number of nitrogens with zero attached hydrogens (tertiary/aromatic N) is 3. The van der Waals surface area contributed by atoms with Gasteiger partial charge in [-0.3, -0.25) is 10.1 Å². The van der Waals surface area contributed by atoms with Gasteiger partial charge in [0, 0.05) is 17.1 Å². The van der Waals surface area contributed by atoms with E-state index in [1.165, 1.54) is 17.4 Å².